The quantitative estimate of drug-likeness (QED) is 0.928. The van der Waals surface area contributed by atoms with Crippen LogP contribution in [0.5, 0.6) is 0 Å². The first-order valence-electron chi connectivity index (χ1n) is 7.34. The number of hydrogen-bond donors (Lipinski definition) is 1. The lowest BCUT2D eigenvalue weighted by atomic mass is 9.96. The zero-order valence-electron chi connectivity index (χ0n) is 12.4. The van der Waals surface area contributed by atoms with Crippen molar-refractivity contribution in [2.24, 2.45) is 5.92 Å². The van der Waals surface area contributed by atoms with Crippen LogP contribution < -0.4 is 5.32 Å². The van der Waals surface area contributed by atoms with E-state index in [1.165, 1.54) is 11.1 Å². The second-order valence-electron chi connectivity index (χ2n) is 5.85. The Hall–Kier alpha value is -1.68. The SMILES string of the molecule is CNC1c2ccccc2CC1Cc1ncnn1C(C)C. The molecule has 0 fully saturated rings. The summed E-state index contributed by atoms with van der Waals surface area (Å²) in [6.07, 6.45) is 3.76. The first-order valence-corrected chi connectivity index (χ1v) is 7.34. The summed E-state index contributed by atoms with van der Waals surface area (Å²) in [6, 6.07) is 9.52. The van der Waals surface area contributed by atoms with Gasteiger partial charge in [-0.05, 0) is 44.4 Å². The van der Waals surface area contributed by atoms with Gasteiger partial charge < -0.3 is 5.32 Å². The van der Waals surface area contributed by atoms with E-state index in [0.29, 0.717) is 18.0 Å². The Balaban J connectivity index is 1.84. The lowest BCUT2D eigenvalue weighted by molar-refractivity contribution is 0.386. The highest BCUT2D eigenvalue weighted by molar-refractivity contribution is 5.36. The summed E-state index contributed by atoms with van der Waals surface area (Å²) in [6.45, 7) is 4.30. The molecule has 0 bridgehead atoms. The Morgan fingerprint density at radius 1 is 1.35 bits per heavy atom. The molecule has 0 saturated heterocycles. The van der Waals surface area contributed by atoms with Gasteiger partial charge in [-0.2, -0.15) is 5.10 Å². The summed E-state index contributed by atoms with van der Waals surface area (Å²) in [5, 5.41) is 7.82. The Labute approximate surface area is 120 Å². The molecule has 1 heterocycles. The summed E-state index contributed by atoms with van der Waals surface area (Å²) in [7, 11) is 2.05. The zero-order valence-corrected chi connectivity index (χ0v) is 12.4. The number of nitrogens with one attached hydrogen (secondary N) is 1. The molecule has 2 unspecified atom stereocenters. The van der Waals surface area contributed by atoms with E-state index in [1.807, 2.05) is 11.7 Å². The van der Waals surface area contributed by atoms with Gasteiger partial charge in [0.2, 0.25) is 0 Å². The van der Waals surface area contributed by atoms with Gasteiger partial charge in [-0.25, -0.2) is 9.67 Å². The third-order valence-corrected chi connectivity index (χ3v) is 4.24. The highest BCUT2D eigenvalue weighted by atomic mass is 15.3. The molecule has 1 N–H and O–H groups in total. The molecule has 3 rings (SSSR count). The van der Waals surface area contributed by atoms with E-state index < -0.39 is 0 Å². The normalized spacial score (nSPS) is 21.4. The molecule has 2 aromatic rings. The van der Waals surface area contributed by atoms with Crippen molar-refractivity contribution in [3.63, 3.8) is 0 Å². The van der Waals surface area contributed by atoms with Gasteiger partial charge in [0.1, 0.15) is 12.2 Å². The zero-order chi connectivity index (χ0) is 14.1. The molecule has 4 heteroatoms. The maximum atomic E-state index is 4.46. The number of fused-ring (bicyclic) bond motifs is 1. The molecule has 1 aromatic heterocycles. The van der Waals surface area contributed by atoms with E-state index in [4.69, 9.17) is 0 Å². The van der Waals surface area contributed by atoms with Crippen molar-refractivity contribution in [3.05, 3.63) is 47.5 Å². The van der Waals surface area contributed by atoms with E-state index in [-0.39, 0.29) is 0 Å². The molecule has 1 aliphatic rings. The first-order chi connectivity index (χ1) is 9.70. The lowest BCUT2D eigenvalue weighted by Crippen LogP contribution is -2.24. The lowest BCUT2D eigenvalue weighted by Gasteiger charge is -2.20. The van der Waals surface area contributed by atoms with Gasteiger partial charge in [0.05, 0.1) is 0 Å². The molecule has 0 spiro atoms. The highest BCUT2D eigenvalue weighted by Crippen LogP contribution is 2.37. The molecule has 106 valence electrons. The number of benzene rings is 1. The molecule has 0 radical (unpaired) electrons. The maximum Gasteiger partial charge on any atom is 0.138 e. The molecule has 0 amide bonds. The van der Waals surface area contributed by atoms with Crippen molar-refractivity contribution >= 4 is 0 Å². The third kappa shape index (κ3) is 2.24. The Bertz CT molecular complexity index is 588. The standard InChI is InChI=1S/C16H22N4/c1-11(2)20-15(18-10-19-20)9-13-8-12-6-4-5-7-14(12)16(13)17-3/h4-7,10-11,13,16-17H,8-9H2,1-3H3. The van der Waals surface area contributed by atoms with E-state index >= 15 is 0 Å². The van der Waals surface area contributed by atoms with Crippen molar-refractivity contribution in [1.82, 2.24) is 20.1 Å². The Kier molecular flexibility index (Phi) is 3.57. The predicted octanol–water partition coefficient (Wildman–Crippen LogP) is 2.53. The summed E-state index contributed by atoms with van der Waals surface area (Å²) in [5.41, 5.74) is 2.91. The summed E-state index contributed by atoms with van der Waals surface area (Å²) in [4.78, 5) is 4.46. The smallest absolute Gasteiger partial charge is 0.138 e. The van der Waals surface area contributed by atoms with Crippen LogP contribution in [0, 0.1) is 5.92 Å². The van der Waals surface area contributed by atoms with Crippen LogP contribution in [0.4, 0.5) is 0 Å². The van der Waals surface area contributed by atoms with Gasteiger partial charge in [0.15, 0.2) is 0 Å². The molecule has 2 atom stereocenters. The van der Waals surface area contributed by atoms with Crippen LogP contribution in [0.2, 0.25) is 0 Å². The molecule has 0 saturated carbocycles. The third-order valence-electron chi connectivity index (χ3n) is 4.24. The predicted molar refractivity (Wildman–Crippen MR) is 79.5 cm³/mol. The minimum absolute atomic E-state index is 0.365. The van der Waals surface area contributed by atoms with Crippen LogP contribution >= 0.6 is 0 Å². The number of nitrogens with zero attached hydrogens (tertiary/aromatic N) is 3. The molecule has 1 aliphatic carbocycles. The van der Waals surface area contributed by atoms with Crippen LogP contribution in [0.25, 0.3) is 0 Å². The van der Waals surface area contributed by atoms with Crippen LogP contribution in [0.3, 0.4) is 0 Å². The van der Waals surface area contributed by atoms with Crippen molar-refractivity contribution in [1.29, 1.82) is 0 Å². The van der Waals surface area contributed by atoms with Crippen molar-refractivity contribution in [2.75, 3.05) is 7.05 Å². The van der Waals surface area contributed by atoms with Gasteiger partial charge in [0.25, 0.3) is 0 Å². The second kappa shape index (κ2) is 5.37. The Morgan fingerprint density at radius 2 is 2.15 bits per heavy atom. The van der Waals surface area contributed by atoms with Gasteiger partial charge in [-0.15, -0.1) is 0 Å². The molecule has 20 heavy (non-hydrogen) atoms. The van der Waals surface area contributed by atoms with E-state index in [9.17, 15) is 0 Å². The summed E-state index contributed by atoms with van der Waals surface area (Å²) < 4.78 is 2.04. The summed E-state index contributed by atoms with van der Waals surface area (Å²) >= 11 is 0. The van der Waals surface area contributed by atoms with E-state index in [2.05, 4.69) is 53.5 Å². The second-order valence-corrected chi connectivity index (χ2v) is 5.85. The van der Waals surface area contributed by atoms with Gasteiger partial charge in [-0.1, -0.05) is 24.3 Å². The number of rotatable bonds is 4. The molecule has 0 aliphatic heterocycles. The fourth-order valence-electron chi connectivity index (χ4n) is 3.34. The van der Waals surface area contributed by atoms with Crippen LogP contribution in [0.15, 0.2) is 30.6 Å². The van der Waals surface area contributed by atoms with Gasteiger partial charge in [0, 0.05) is 18.5 Å². The molecule has 1 aromatic carbocycles. The monoisotopic (exact) mass is 270 g/mol. The maximum absolute atomic E-state index is 4.46. The molecular formula is C16H22N4. The van der Waals surface area contributed by atoms with Gasteiger partial charge >= 0.3 is 0 Å². The van der Waals surface area contributed by atoms with Crippen molar-refractivity contribution < 1.29 is 0 Å². The highest BCUT2D eigenvalue weighted by Gasteiger charge is 2.32. The largest absolute Gasteiger partial charge is 0.313 e. The van der Waals surface area contributed by atoms with Crippen LogP contribution in [-0.4, -0.2) is 21.8 Å². The number of aromatic nitrogens is 3. The van der Waals surface area contributed by atoms with Crippen molar-refractivity contribution in [3.8, 4) is 0 Å². The fraction of sp³-hybridized carbons (Fsp3) is 0.500. The van der Waals surface area contributed by atoms with E-state index in [1.54, 1.807) is 6.33 Å². The number of hydrogen-bond acceptors (Lipinski definition) is 3. The average molecular weight is 270 g/mol. The van der Waals surface area contributed by atoms with Crippen LogP contribution in [-0.2, 0) is 12.8 Å². The average Bonchev–Trinajstić information content (AvgIpc) is 3.02. The van der Waals surface area contributed by atoms with E-state index in [0.717, 1.165) is 18.7 Å². The minimum atomic E-state index is 0.365. The molecule has 4 nitrogen and oxygen atoms in total. The minimum Gasteiger partial charge on any atom is -0.313 e. The fourth-order valence-corrected chi connectivity index (χ4v) is 3.34. The van der Waals surface area contributed by atoms with Gasteiger partial charge in [-0.3, -0.25) is 0 Å². The molecular weight excluding hydrogens is 248 g/mol. The summed E-state index contributed by atoms with van der Waals surface area (Å²) in [5.74, 6) is 1.65. The van der Waals surface area contributed by atoms with Crippen LogP contribution in [0.1, 0.15) is 42.9 Å². The first kappa shape index (κ1) is 13.3. The van der Waals surface area contributed by atoms with Crippen molar-refractivity contribution in [2.45, 2.75) is 38.8 Å². The Morgan fingerprint density at radius 3 is 2.90 bits per heavy atom. The topological polar surface area (TPSA) is 42.7 Å².